The predicted molar refractivity (Wildman–Crippen MR) is 104 cm³/mol. The third-order valence-electron chi connectivity index (χ3n) is 4.96. The minimum Gasteiger partial charge on any atom is -0.482 e. The summed E-state index contributed by atoms with van der Waals surface area (Å²) in [4.78, 5) is 22.7. The highest BCUT2D eigenvalue weighted by Gasteiger charge is 2.28. The van der Waals surface area contributed by atoms with E-state index in [4.69, 9.17) is 9.15 Å². The number of oxazole rings is 1. The summed E-state index contributed by atoms with van der Waals surface area (Å²) in [6.07, 6.45) is 7.20. The van der Waals surface area contributed by atoms with Crippen LogP contribution in [0.25, 0.3) is 0 Å². The summed E-state index contributed by atoms with van der Waals surface area (Å²) < 4.78 is 24.8. The Balaban J connectivity index is 1.34. The van der Waals surface area contributed by atoms with Crippen molar-refractivity contribution in [3.05, 3.63) is 78.0 Å². The van der Waals surface area contributed by atoms with Gasteiger partial charge in [0.2, 0.25) is 0 Å². The molecule has 7 heteroatoms. The summed E-state index contributed by atoms with van der Waals surface area (Å²) >= 11 is 0. The maximum Gasteiger partial charge on any atom is 0.260 e. The Morgan fingerprint density at radius 2 is 2.21 bits per heavy atom. The van der Waals surface area contributed by atoms with Crippen LogP contribution in [-0.2, 0) is 11.2 Å². The fourth-order valence-corrected chi connectivity index (χ4v) is 3.52. The van der Waals surface area contributed by atoms with Gasteiger partial charge in [-0.2, -0.15) is 0 Å². The normalized spacial score (nSPS) is 16.6. The van der Waals surface area contributed by atoms with Gasteiger partial charge in [0.25, 0.3) is 5.91 Å². The molecule has 0 radical (unpaired) electrons. The lowest BCUT2D eigenvalue weighted by molar-refractivity contribution is -0.134. The lowest BCUT2D eigenvalue weighted by Gasteiger charge is -2.31. The van der Waals surface area contributed by atoms with Crippen LogP contribution in [-0.4, -0.2) is 40.5 Å². The van der Waals surface area contributed by atoms with Gasteiger partial charge in [0, 0.05) is 25.7 Å². The molecule has 4 rings (SSSR count). The molecule has 1 atom stereocenters. The highest BCUT2D eigenvalue weighted by molar-refractivity contribution is 5.78. The standard InChI is InChI=1S/C22H22FN3O3/c23-18-6-1-4-16(10-18)11-20-13-25-22(29-20)17-5-3-9-26(14-17)21(27)15-28-19-7-2-8-24-12-19/h1-2,4,6-8,10,12-13,17H,3,5,9,11,14-15H2. The van der Waals surface area contributed by atoms with E-state index in [0.29, 0.717) is 36.9 Å². The number of rotatable bonds is 6. The molecule has 3 heterocycles. The van der Waals surface area contributed by atoms with Crippen LogP contribution in [0.1, 0.15) is 36.0 Å². The Hall–Kier alpha value is -3.22. The monoisotopic (exact) mass is 395 g/mol. The number of carbonyl (C=O) groups is 1. The van der Waals surface area contributed by atoms with Crippen LogP contribution in [0.3, 0.4) is 0 Å². The van der Waals surface area contributed by atoms with Crippen molar-refractivity contribution in [2.45, 2.75) is 25.2 Å². The van der Waals surface area contributed by atoms with E-state index < -0.39 is 0 Å². The first kappa shape index (κ1) is 19.1. The average molecular weight is 395 g/mol. The first-order chi connectivity index (χ1) is 14.2. The topological polar surface area (TPSA) is 68.5 Å². The first-order valence-electron chi connectivity index (χ1n) is 9.67. The van der Waals surface area contributed by atoms with Crippen molar-refractivity contribution in [1.82, 2.24) is 14.9 Å². The minimum atomic E-state index is -0.267. The number of pyridine rings is 1. The largest absolute Gasteiger partial charge is 0.482 e. The molecule has 0 spiro atoms. The van der Waals surface area contributed by atoms with Crippen LogP contribution >= 0.6 is 0 Å². The van der Waals surface area contributed by atoms with Crippen molar-refractivity contribution in [2.75, 3.05) is 19.7 Å². The molecule has 1 unspecified atom stereocenters. The van der Waals surface area contributed by atoms with Crippen LogP contribution in [0.15, 0.2) is 59.4 Å². The Morgan fingerprint density at radius 1 is 1.28 bits per heavy atom. The number of carbonyl (C=O) groups excluding carboxylic acids is 1. The molecule has 1 aliphatic heterocycles. The van der Waals surface area contributed by atoms with Crippen molar-refractivity contribution in [2.24, 2.45) is 0 Å². The number of hydrogen-bond acceptors (Lipinski definition) is 5. The quantitative estimate of drug-likeness (QED) is 0.638. The van der Waals surface area contributed by atoms with Crippen LogP contribution in [0, 0.1) is 5.82 Å². The molecule has 1 amide bonds. The molecule has 1 aromatic carbocycles. The van der Waals surface area contributed by atoms with Crippen LogP contribution in [0.2, 0.25) is 0 Å². The molecule has 0 bridgehead atoms. The zero-order valence-corrected chi connectivity index (χ0v) is 16.0. The van der Waals surface area contributed by atoms with Gasteiger partial charge < -0.3 is 14.1 Å². The van der Waals surface area contributed by atoms with Gasteiger partial charge in [-0.25, -0.2) is 9.37 Å². The molecule has 150 valence electrons. The molecule has 0 saturated carbocycles. The maximum atomic E-state index is 13.4. The lowest BCUT2D eigenvalue weighted by atomic mass is 9.98. The van der Waals surface area contributed by atoms with Gasteiger partial charge >= 0.3 is 0 Å². The Morgan fingerprint density at radius 3 is 3.03 bits per heavy atom. The number of hydrogen-bond donors (Lipinski definition) is 0. The van der Waals surface area contributed by atoms with E-state index in [9.17, 15) is 9.18 Å². The van der Waals surface area contributed by atoms with Crippen molar-refractivity contribution in [3.8, 4) is 5.75 Å². The summed E-state index contributed by atoms with van der Waals surface area (Å²) in [5.74, 6) is 1.61. The molecular weight excluding hydrogens is 373 g/mol. The fraction of sp³-hybridized carbons (Fsp3) is 0.318. The number of likely N-dealkylation sites (tertiary alicyclic amines) is 1. The van der Waals surface area contributed by atoms with Crippen molar-refractivity contribution < 1.29 is 18.3 Å². The number of ether oxygens (including phenoxy) is 1. The van der Waals surface area contributed by atoms with Gasteiger partial charge in [0.05, 0.1) is 18.3 Å². The number of nitrogens with zero attached hydrogens (tertiary/aromatic N) is 3. The molecule has 1 saturated heterocycles. The second-order valence-corrected chi connectivity index (χ2v) is 7.13. The number of benzene rings is 1. The third kappa shape index (κ3) is 4.99. The smallest absolute Gasteiger partial charge is 0.260 e. The molecule has 0 N–H and O–H groups in total. The summed E-state index contributed by atoms with van der Waals surface area (Å²) in [6, 6.07) is 9.98. The first-order valence-corrected chi connectivity index (χ1v) is 9.67. The number of amides is 1. The number of piperidine rings is 1. The maximum absolute atomic E-state index is 13.4. The minimum absolute atomic E-state index is 0.0190. The van der Waals surface area contributed by atoms with E-state index in [2.05, 4.69) is 9.97 Å². The average Bonchev–Trinajstić information content (AvgIpc) is 3.21. The summed E-state index contributed by atoms with van der Waals surface area (Å²) in [5.41, 5.74) is 0.834. The molecule has 29 heavy (non-hydrogen) atoms. The second-order valence-electron chi connectivity index (χ2n) is 7.13. The van der Waals surface area contributed by atoms with Gasteiger partial charge in [-0.05, 0) is 42.7 Å². The zero-order chi connectivity index (χ0) is 20.1. The van der Waals surface area contributed by atoms with Gasteiger partial charge in [-0.3, -0.25) is 9.78 Å². The number of aromatic nitrogens is 2. The predicted octanol–water partition coefficient (Wildman–Crippen LogP) is 3.58. The lowest BCUT2D eigenvalue weighted by Crippen LogP contribution is -2.41. The van der Waals surface area contributed by atoms with Crippen molar-refractivity contribution >= 4 is 5.91 Å². The zero-order valence-electron chi connectivity index (χ0n) is 16.0. The van der Waals surface area contributed by atoms with Gasteiger partial charge in [-0.1, -0.05) is 12.1 Å². The molecule has 6 nitrogen and oxygen atoms in total. The Kier molecular flexibility index (Phi) is 5.84. The second kappa shape index (κ2) is 8.86. The molecule has 0 aliphatic carbocycles. The molecular formula is C22H22FN3O3. The summed E-state index contributed by atoms with van der Waals surface area (Å²) in [7, 11) is 0. The van der Waals surface area contributed by atoms with E-state index in [1.54, 1.807) is 41.7 Å². The van der Waals surface area contributed by atoms with Crippen LogP contribution < -0.4 is 4.74 Å². The fourth-order valence-electron chi connectivity index (χ4n) is 3.52. The van der Waals surface area contributed by atoms with Crippen LogP contribution in [0.4, 0.5) is 4.39 Å². The highest BCUT2D eigenvalue weighted by atomic mass is 19.1. The molecule has 1 aliphatic rings. The Bertz CT molecular complexity index is 961. The van der Waals surface area contributed by atoms with Gasteiger partial charge in [-0.15, -0.1) is 0 Å². The van der Waals surface area contributed by atoms with E-state index in [-0.39, 0.29) is 24.2 Å². The van der Waals surface area contributed by atoms with E-state index in [1.807, 2.05) is 6.07 Å². The SMILES string of the molecule is O=C(COc1cccnc1)N1CCCC(c2ncc(Cc3cccc(F)c3)o2)C1. The highest BCUT2D eigenvalue weighted by Crippen LogP contribution is 2.27. The number of halogens is 1. The van der Waals surface area contributed by atoms with Gasteiger partial charge in [0.15, 0.2) is 12.5 Å². The molecule has 3 aromatic rings. The van der Waals surface area contributed by atoms with Crippen molar-refractivity contribution in [3.63, 3.8) is 0 Å². The third-order valence-corrected chi connectivity index (χ3v) is 4.96. The molecule has 1 fully saturated rings. The van der Waals surface area contributed by atoms with E-state index >= 15 is 0 Å². The summed E-state index contributed by atoms with van der Waals surface area (Å²) in [5, 5.41) is 0. The Labute approximate surface area is 168 Å². The summed E-state index contributed by atoms with van der Waals surface area (Å²) in [6.45, 7) is 1.23. The molecule has 2 aromatic heterocycles. The van der Waals surface area contributed by atoms with E-state index in [1.165, 1.54) is 12.1 Å². The van der Waals surface area contributed by atoms with Crippen LogP contribution in [0.5, 0.6) is 5.75 Å². The van der Waals surface area contributed by atoms with Gasteiger partial charge in [0.1, 0.15) is 17.3 Å². The van der Waals surface area contributed by atoms with E-state index in [0.717, 1.165) is 18.4 Å². The van der Waals surface area contributed by atoms with Crippen molar-refractivity contribution in [1.29, 1.82) is 0 Å².